The van der Waals surface area contributed by atoms with Gasteiger partial charge >= 0.3 is 0 Å². The second kappa shape index (κ2) is 7.46. The molecule has 0 aliphatic heterocycles. The fourth-order valence-electron chi connectivity index (χ4n) is 4.96. The van der Waals surface area contributed by atoms with Crippen LogP contribution in [0, 0.1) is 6.92 Å². The Balaban J connectivity index is 1.58. The van der Waals surface area contributed by atoms with E-state index in [0.29, 0.717) is 11.8 Å². The number of hydrogen-bond donors (Lipinski definition) is 2. The van der Waals surface area contributed by atoms with E-state index in [2.05, 4.69) is 111 Å². The first-order valence-electron chi connectivity index (χ1n) is 11.3. The highest BCUT2D eigenvalue weighted by Gasteiger charge is 2.16. The highest BCUT2D eigenvalue weighted by Crippen LogP contribution is 2.37. The lowest BCUT2D eigenvalue weighted by atomic mass is 9.93. The van der Waals surface area contributed by atoms with Crippen molar-refractivity contribution in [3.63, 3.8) is 0 Å². The van der Waals surface area contributed by atoms with Crippen molar-refractivity contribution in [3.8, 4) is 22.4 Å². The molecule has 0 saturated heterocycles. The maximum atomic E-state index is 3.66. The quantitative estimate of drug-likeness (QED) is 0.300. The second-order valence-corrected chi connectivity index (χ2v) is 9.25. The smallest absolute Gasteiger partial charge is 0.0499 e. The molecule has 156 valence electrons. The van der Waals surface area contributed by atoms with Crippen molar-refractivity contribution < 1.29 is 0 Å². The van der Waals surface area contributed by atoms with Gasteiger partial charge in [0.1, 0.15) is 0 Å². The average molecular weight is 407 g/mol. The number of fused-ring (bicyclic) bond motifs is 2. The van der Waals surface area contributed by atoms with E-state index in [1.807, 2.05) is 0 Å². The van der Waals surface area contributed by atoms with E-state index in [-0.39, 0.29) is 0 Å². The highest BCUT2D eigenvalue weighted by atomic mass is 14.7. The Hall–Kier alpha value is -3.26. The summed E-state index contributed by atoms with van der Waals surface area (Å²) in [5, 5.41) is 2.66. The molecule has 0 spiro atoms. The van der Waals surface area contributed by atoms with E-state index in [0.717, 1.165) is 0 Å². The number of nitrogens with one attached hydrogen (secondary N) is 2. The van der Waals surface area contributed by atoms with Crippen LogP contribution in [0.25, 0.3) is 44.2 Å². The van der Waals surface area contributed by atoms with E-state index in [4.69, 9.17) is 0 Å². The van der Waals surface area contributed by atoms with Crippen molar-refractivity contribution in [2.24, 2.45) is 0 Å². The zero-order valence-corrected chi connectivity index (χ0v) is 19.0. The Morgan fingerprint density at radius 1 is 0.710 bits per heavy atom. The second-order valence-electron chi connectivity index (χ2n) is 9.25. The Morgan fingerprint density at radius 2 is 1.42 bits per heavy atom. The molecule has 2 heteroatoms. The number of aryl methyl sites for hydroxylation is 1. The van der Waals surface area contributed by atoms with Crippen molar-refractivity contribution >= 4 is 21.8 Å². The fourth-order valence-corrected chi connectivity index (χ4v) is 4.96. The SMILES string of the molecule is Cc1c(-c2ccc(-c3[nH]c4ccccc4c3C(C)C)cc2)ccc2c(C(C)C)c[nH]c12. The highest BCUT2D eigenvalue weighted by molar-refractivity contribution is 5.93. The van der Waals surface area contributed by atoms with Gasteiger partial charge in [-0.15, -0.1) is 0 Å². The minimum absolute atomic E-state index is 0.457. The van der Waals surface area contributed by atoms with Crippen LogP contribution in [0.2, 0.25) is 0 Å². The summed E-state index contributed by atoms with van der Waals surface area (Å²) >= 11 is 0. The van der Waals surface area contributed by atoms with E-state index >= 15 is 0 Å². The molecule has 5 aromatic rings. The number of H-pyrrole nitrogens is 2. The third kappa shape index (κ3) is 3.18. The summed E-state index contributed by atoms with van der Waals surface area (Å²) in [6.07, 6.45) is 2.17. The number of para-hydroxylation sites is 1. The predicted molar refractivity (Wildman–Crippen MR) is 134 cm³/mol. The van der Waals surface area contributed by atoms with Crippen molar-refractivity contribution in [1.82, 2.24) is 9.97 Å². The first-order valence-corrected chi connectivity index (χ1v) is 11.3. The zero-order valence-electron chi connectivity index (χ0n) is 19.0. The summed E-state index contributed by atoms with van der Waals surface area (Å²) in [5.74, 6) is 0.975. The molecule has 0 aliphatic carbocycles. The van der Waals surface area contributed by atoms with Gasteiger partial charge in [-0.25, -0.2) is 0 Å². The monoisotopic (exact) mass is 406 g/mol. The molecule has 2 N–H and O–H groups in total. The molecular formula is C29H30N2. The Labute approximate surface area is 184 Å². The van der Waals surface area contributed by atoms with E-state index < -0.39 is 0 Å². The van der Waals surface area contributed by atoms with Crippen molar-refractivity contribution in [1.29, 1.82) is 0 Å². The normalized spacial score (nSPS) is 12.0. The standard InChI is InChI=1S/C29H30N2/c1-17(2)25-16-30-28-19(5)22(14-15-23(25)28)20-10-12-21(13-11-20)29-27(18(3)4)24-8-6-7-9-26(24)31-29/h6-18,30-31H,1-5H3. The van der Waals surface area contributed by atoms with Gasteiger partial charge in [-0.05, 0) is 58.2 Å². The third-order valence-electron chi connectivity index (χ3n) is 6.58. The first-order chi connectivity index (χ1) is 15.0. The molecule has 3 aromatic carbocycles. The van der Waals surface area contributed by atoms with Gasteiger partial charge in [-0.1, -0.05) is 82.3 Å². The van der Waals surface area contributed by atoms with E-state index in [1.165, 1.54) is 60.9 Å². The van der Waals surface area contributed by atoms with Gasteiger partial charge in [0.25, 0.3) is 0 Å². The predicted octanol–water partition coefficient (Wildman–Crippen LogP) is 8.54. The topological polar surface area (TPSA) is 31.6 Å². The number of aromatic amines is 2. The van der Waals surface area contributed by atoms with Crippen LogP contribution in [-0.2, 0) is 0 Å². The lowest BCUT2D eigenvalue weighted by molar-refractivity contribution is 0.875. The number of aromatic nitrogens is 2. The maximum absolute atomic E-state index is 3.66. The summed E-state index contributed by atoms with van der Waals surface area (Å²) in [6, 6.07) is 22.2. The third-order valence-corrected chi connectivity index (χ3v) is 6.58. The van der Waals surface area contributed by atoms with Crippen molar-refractivity contribution in [3.05, 3.63) is 83.6 Å². The lowest BCUT2D eigenvalue weighted by Crippen LogP contribution is -1.91. The van der Waals surface area contributed by atoms with Crippen LogP contribution in [0.1, 0.15) is 56.2 Å². The molecule has 0 fully saturated rings. The van der Waals surface area contributed by atoms with Crippen LogP contribution in [0.4, 0.5) is 0 Å². The molecule has 0 bridgehead atoms. The van der Waals surface area contributed by atoms with Gasteiger partial charge in [0.05, 0.1) is 0 Å². The van der Waals surface area contributed by atoms with Gasteiger partial charge in [-0.2, -0.15) is 0 Å². The molecule has 0 saturated carbocycles. The summed E-state index contributed by atoms with van der Waals surface area (Å²) in [7, 11) is 0. The Kier molecular flexibility index (Phi) is 4.74. The first kappa shape index (κ1) is 19.7. The maximum Gasteiger partial charge on any atom is 0.0499 e. The van der Waals surface area contributed by atoms with Crippen LogP contribution in [0.3, 0.4) is 0 Å². The number of benzene rings is 3. The van der Waals surface area contributed by atoms with Crippen LogP contribution < -0.4 is 0 Å². The van der Waals surface area contributed by atoms with Crippen molar-refractivity contribution in [2.45, 2.75) is 46.5 Å². The molecule has 0 radical (unpaired) electrons. The molecule has 5 rings (SSSR count). The number of rotatable bonds is 4. The molecule has 0 atom stereocenters. The summed E-state index contributed by atoms with van der Waals surface area (Å²) in [4.78, 5) is 7.18. The number of hydrogen-bond acceptors (Lipinski definition) is 0. The van der Waals surface area contributed by atoms with Crippen LogP contribution in [0.15, 0.2) is 66.9 Å². The van der Waals surface area contributed by atoms with Gasteiger partial charge < -0.3 is 9.97 Å². The van der Waals surface area contributed by atoms with E-state index in [1.54, 1.807) is 0 Å². The van der Waals surface area contributed by atoms with Gasteiger partial charge in [0.15, 0.2) is 0 Å². The Morgan fingerprint density at radius 3 is 2.13 bits per heavy atom. The van der Waals surface area contributed by atoms with Gasteiger partial charge in [-0.3, -0.25) is 0 Å². The average Bonchev–Trinajstić information content (AvgIpc) is 3.36. The molecule has 31 heavy (non-hydrogen) atoms. The minimum Gasteiger partial charge on any atom is -0.361 e. The molecule has 0 amide bonds. The van der Waals surface area contributed by atoms with Crippen molar-refractivity contribution in [2.75, 3.05) is 0 Å². The molecule has 2 aromatic heterocycles. The summed E-state index contributed by atoms with van der Waals surface area (Å²) in [6.45, 7) is 11.3. The molecule has 2 heterocycles. The van der Waals surface area contributed by atoms with Gasteiger partial charge in [0, 0.05) is 33.7 Å². The Bertz CT molecular complexity index is 1380. The molecular weight excluding hydrogens is 376 g/mol. The van der Waals surface area contributed by atoms with Crippen LogP contribution >= 0.6 is 0 Å². The lowest BCUT2D eigenvalue weighted by Gasteiger charge is -2.11. The zero-order chi connectivity index (χ0) is 21.7. The summed E-state index contributed by atoms with van der Waals surface area (Å²) < 4.78 is 0. The molecule has 0 unspecified atom stereocenters. The summed E-state index contributed by atoms with van der Waals surface area (Å²) in [5.41, 5.74) is 11.6. The largest absolute Gasteiger partial charge is 0.361 e. The molecule has 2 nitrogen and oxygen atoms in total. The fraction of sp³-hybridized carbons (Fsp3) is 0.241. The van der Waals surface area contributed by atoms with Crippen LogP contribution in [-0.4, -0.2) is 9.97 Å². The van der Waals surface area contributed by atoms with E-state index in [9.17, 15) is 0 Å². The van der Waals surface area contributed by atoms with Gasteiger partial charge in [0.2, 0.25) is 0 Å². The van der Waals surface area contributed by atoms with Crippen LogP contribution in [0.5, 0.6) is 0 Å². The minimum atomic E-state index is 0.457. The molecule has 0 aliphatic rings.